The number of rotatable bonds is 4. The van der Waals surface area contributed by atoms with E-state index in [0.717, 1.165) is 16.8 Å². The average Bonchev–Trinajstić information content (AvgIpc) is 2.98. The number of halogens is 4. The summed E-state index contributed by atoms with van der Waals surface area (Å²) in [5.41, 5.74) is 4.71. The van der Waals surface area contributed by atoms with Crippen LogP contribution < -0.4 is 10.6 Å². The highest BCUT2D eigenvalue weighted by Crippen LogP contribution is 2.35. The van der Waals surface area contributed by atoms with Gasteiger partial charge in [0.05, 0.1) is 24.1 Å². The lowest BCUT2D eigenvalue weighted by Gasteiger charge is -2.26. The van der Waals surface area contributed by atoms with E-state index in [1.807, 2.05) is 0 Å². The summed E-state index contributed by atoms with van der Waals surface area (Å²) >= 11 is 0. The first-order chi connectivity index (χ1) is 13.2. The molecule has 0 spiro atoms. The van der Waals surface area contributed by atoms with Gasteiger partial charge in [-0.3, -0.25) is 4.90 Å². The summed E-state index contributed by atoms with van der Waals surface area (Å²) in [7, 11) is 1.36. The maximum Gasteiger partial charge on any atom is 0.413 e. The Hall–Kier alpha value is -3.41. The second-order valence-electron chi connectivity index (χ2n) is 5.85. The quantitative estimate of drug-likeness (QED) is 0.611. The molecular formula is C16H15ClF3N7O2. The smallest absolute Gasteiger partial charge is 0.413 e. The van der Waals surface area contributed by atoms with Crippen molar-refractivity contribution >= 4 is 30.0 Å². The van der Waals surface area contributed by atoms with E-state index < -0.39 is 29.7 Å². The molecule has 1 amide bonds. The van der Waals surface area contributed by atoms with E-state index in [2.05, 4.69) is 20.3 Å². The first kappa shape index (κ1) is 21.9. The van der Waals surface area contributed by atoms with Crippen LogP contribution in [-0.4, -0.2) is 36.2 Å². The van der Waals surface area contributed by atoms with Gasteiger partial charge < -0.3 is 10.8 Å². The summed E-state index contributed by atoms with van der Waals surface area (Å²) in [5, 5.41) is 17.2. The lowest BCUT2D eigenvalue weighted by atomic mass is 10.1. The molecule has 154 valence electrons. The number of aromatic nitrogens is 5. The molecule has 3 aromatic heterocycles. The molecule has 0 aliphatic rings. The lowest BCUT2D eigenvalue weighted by molar-refractivity contribution is 0.199. The van der Waals surface area contributed by atoms with Crippen LogP contribution in [0, 0.1) is 17.6 Å². The molecule has 29 heavy (non-hydrogen) atoms. The Morgan fingerprint density at radius 3 is 2.52 bits per heavy atom. The highest BCUT2D eigenvalue weighted by atomic mass is 35.5. The maximum absolute atomic E-state index is 14.3. The number of nitrogens with two attached hydrogens (primary N) is 1. The maximum atomic E-state index is 14.3. The van der Waals surface area contributed by atoms with E-state index in [1.54, 1.807) is 0 Å². The van der Waals surface area contributed by atoms with Gasteiger partial charge in [0, 0.05) is 18.7 Å². The minimum Gasteiger partial charge on any atom is -0.465 e. The number of nitrogens with zero attached hydrogens (tertiary/aromatic N) is 6. The van der Waals surface area contributed by atoms with E-state index in [0.29, 0.717) is 11.1 Å². The standard InChI is InChI=1S/C16H14F3N7O2.ClH/c1-7(10-3-8(17)5-22-14(10)19)26(16(27)28)15-13(23-24-25(15)2)12-11(18)4-9(20)6-21-12;/h3-7H,20H2,1-2H3,(H,27,28);1H/t7-;/m1./s1. The van der Waals surface area contributed by atoms with E-state index in [1.165, 1.54) is 20.2 Å². The highest BCUT2D eigenvalue weighted by Gasteiger charge is 2.33. The third-order valence-electron chi connectivity index (χ3n) is 3.99. The van der Waals surface area contributed by atoms with Crippen molar-refractivity contribution in [2.45, 2.75) is 13.0 Å². The Kier molecular flexibility index (Phi) is 6.27. The molecule has 0 radical (unpaired) electrons. The van der Waals surface area contributed by atoms with Crippen LogP contribution in [0.3, 0.4) is 0 Å². The van der Waals surface area contributed by atoms with Gasteiger partial charge in [0.1, 0.15) is 11.5 Å². The van der Waals surface area contributed by atoms with Crippen LogP contribution in [0.1, 0.15) is 18.5 Å². The summed E-state index contributed by atoms with van der Waals surface area (Å²) < 4.78 is 43.0. The van der Waals surface area contributed by atoms with E-state index in [-0.39, 0.29) is 40.9 Å². The van der Waals surface area contributed by atoms with Gasteiger partial charge in [0.2, 0.25) is 5.95 Å². The summed E-state index contributed by atoms with van der Waals surface area (Å²) in [4.78, 5) is 19.8. The van der Waals surface area contributed by atoms with E-state index in [9.17, 15) is 23.1 Å². The fraction of sp³-hybridized carbons (Fsp3) is 0.188. The molecule has 0 bridgehead atoms. The summed E-state index contributed by atoms with van der Waals surface area (Å²) in [6, 6.07) is 0.577. The van der Waals surface area contributed by atoms with Crippen molar-refractivity contribution in [3.05, 3.63) is 47.7 Å². The zero-order chi connectivity index (χ0) is 20.6. The number of carboxylic acid groups (broad SMARTS) is 1. The molecule has 0 saturated carbocycles. The van der Waals surface area contributed by atoms with Crippen LogP contribution in [0.2, 0.25) is 0 Å². The molecule has 3 N–H and O–H groups in total. The zero-order valence-electron chi connectivity index (χ0n) is 15.0. The monoisotopic (exact) mass is 429 g/mol. The minimum absolute atomic E-state index is 0. The normalized spacial score (nSPS) is 11.6. The van der Waals surface area contributed by atoms with E-state index >= 15 is 0 Å². The minimum atomic E-state index is -1.53. The predicted octanol–water partition coefficient (Wildman–Crippen LogP) is 2.94. The Morgan fingerprint density at radius 1 is 1.21 bits per heavy atom. The molecule has 3 heterocycles. The van der Waals surface area contributed by atoms with Crippen molar-refractivity contribution in [1.82, 2.24) is 25.0 Å². The first-order valence-electron chi connectivity index (χ1n) is 7.84. The second-order valence-corrected chi connectivity index (χ2v) is 5.85. The number of amides is 1. The van der Waals surface area contributed by atoms with Gasteiger partial charge in [0.15, 0.2) is 17.3 Å². The fourth-order valence-electron chi connectivity index (χ4n) is 2.71. The summed E-state index contributed by atoms with van der Waals surface area (Å²) in [6.45, 7) is 1.32. The fourth-order valence-corrected chi connectivity index (χ4v) is 2.71. The Morgan fingerprint density at radius 2 is 1.90 bits per heavy atom. The molecule has 0 unspecified atom stereocenters. The molecule has 0 aliphatic heterocycles. The topological polar surface area (TPSA) is 123 Å². The molecule has 13 heteroatoms. The van der Waals surface area contributed by atoms with Crippen LogP contribution in [0.5, 0.6) is 0 Å². The van der Waals surface area contributed by atoms with Crippen molar-refractivity contribution < 1.29 is 23.1 Å². The number of anilines is 2. The third kappa shape index (κ3) is 4.06. The molecule has 3 aromatic rings. The molecule has 0 fully saturated rings. The molecule has 0 saturated heterocycles. The molecule has 0 aliphatic carbocycles. The highest BCUT2D eigenvalue weighted by molar-refractivity contribution is 5.90. The van der Waals surface area contributed by atoms with Gasteiger partial charge in [-0.15, -0.1) is 17.5 Å². The van der Waals surface area contributed by atoms with Crippen molar-refractivity contribution in [3.63, 3.8) is 0 Å². The SMILES string of the molecule is C[C@H](c1cc(F)cnc1F)N(C(=O)O)c1c(-c2ncc(N)cc2F)nnn1C.Cl. The van der Waals surface area contributed by atoms with Crippen molar-refractivity contribution in [2.75, 3.05) is 10.6 Å². The summed E-state index contributed by atoms with van der Waals surface area (Å²) in [6.07, 6.45) is 0.307. The predicted molar refractivity (Wildman–Crippen MR) is 98.9 cm³/mol. The Labute approximate surface area is 168 Å². The van der Waals surface area contributed by atoms with Crippen molar-refractivity contribution in [2.24, 2.45) is 7.05 Å². The van der Waals surface area contributed by atoms with Crippen LogP contribution in [0.15, 0.2) is 24.5 Å². The summed E-state index contributed by atoms with van der Waals surface area (Å²) in [5.74, 6) is -2.94. The van der Waals surface area contributed by atoms with Crippen LogP contribution in [-0.2, 0) is 7.05 Å². The lowest BCUT2D eigenvalue weighted by Crippen LogP contribution is -2.35. The number of hydrogen-bond donors (Lipinski definition) is 2. The largest absolute Gasteiger partial charge is 0.465 e. The number of aryl methyl sites for hydroxylation is 1. The molecule has 1 atom stereocenters. The number of carbonyl (C=O) groups is 1. The average molecular weight is 430 g/mol. The van der Waals surface area contributed by atoms with Crippen LogP contribution >= 0.6 is 12.4 Å². The molecule has 0 aromatic carbocycles. The van der Waals surface area contributed by atoms with Gasteiger partial charge in [-0.1, -0.05) is 5.21 Å². The number of nitrogen functional groups attached to an aromatic ring is 1. The molecule has 3 rings (SSSR count). The Bertz CT molecular complexity index is 1060. The third-order valence-corrected chi connectivity index (χ3v) is 3.99. The van der Waals surface area contributed by atoms with Crippen LogP contribution in [0.4, 0.5) is 29.5 Å². The van der Waals surface area contributed by atoms with E-state index in [4.69, 9.17) is 5.73 Å². The van der Waals surface area contributed by atoms with Gasteiger partial charge >= 0.3 is 6.09 Å². The van der Waals surface area contributed by atoms with Crippen molar-refractivity contribution in [3.8, 4) is 11.4 Å². The molecule has 9 nitrogen and oxygen atoms in total. The van der Waals surface area contributed by atoms with Gasteiger partial charge in [-0.2, -0.15) is 4.39 Å². The van der Waals surface area contributed by atoms with Gasteiger partial charge in [-0.25, -0.2) is 28.2 Å². The Balaban J connectivity index is 0.00000300. The van der Waals surface area contributed by atoms with Crippen molar-refractivity contribution in [1.29, 1.82) is 0 Å². The number of pyridine rings is 2. The van der Waals surface area contributed by atoms with Crippen LogP contribution in [0.25, 0.3) is 11.4 Å². The zero-order valence-corrected chi connectivity index (χ0v) is 15.9. The first-order valence-corrected chi connectivity index (χ1v) is 7.84. The van der Waals surface area contributed by atoms with Gasteiger partial charge in [-0.05, 0) is 13.0 Å². The molecular weight excluding hydrogens is 415 g/mol. The number of hydrogen-bond acceptors (Lipinski definition) is 6. The second kappa shape index (κ2) is 8.31. The van der Waals surface area contributed by atoms with Gasteiger partial charge in [0.25, 0.3) is 0 Å².